The smallest absolute Gasteiger partial charge is 0.282 e. The van der Waals surface area contributed by atoms with Crippen LogP contribution in [-0.2, 0) is 9.59 Å². The van der Waals surface area contributed by atoms with Gasteiger partial charge in [0.1, 0.15) is 0 Å². The number of anilines is 1. The summed E-state index contributed by atoms with van der Waals surface area (Å²) >= 11 is 0. The van der Waals surface area contributed by atoms with Gasteiger partial charge in [-0.3, -0.25) is 9.59 Å². The minimum absolute atomic E-state index is 0.000542. The summed E-state index contributed by atoms with van der Waals surface area (Å²) in [6, 6.07) is 17.5. The van der Waals surface area contributed by atoms with Crippen LogP contribution in [0.2, 0.25) is 0 Å². The fourth-order valence-corrected chi connectivity index (χ4v) is 2.98. The quantitative estimate of drug-likeness (QED) is 0.775. The van der Waals surface area contributed by atoms with Crippen LogP contribution in [0.4, 0.5) is 5.69 Å². The largest absolute Gasteiger partial charge is 0.346 e. The topological polar surface area (TPSA) is 62.6 Å². The summed E-state index contributed by atoms with van der Waals surface area (Å²) in [5.41, 5.74) is 2.84. The second-order valence-electron chi connectivity index (χ2n) is 6.06. The Morgan fingerprint density at radius 3 is 2.58 bits per heavy atom. The Kier molecular flexibility index (Phi) is 4.91. The standard InChI is InChI=1S/C19H21N3O2/c1-14(22-12-11-20-18(23)13-22)19(24)21-17-10-6-5-9-16(17)15-7-3-2-4-8-15/h2-10,14H,11-13H2,1H3,(H,20,23)(H,21,24)/p+1/t14-/m0/s1. The number of piperazine rings is 1. The highest BCUT2D eigenvalue weighted by atomic mass is 16.2. The van der Waals surface area contributed by atoms with E-state index in [-0.39, 0.29) is 17.9 Å². The van der Waals surface area contributed by atoms with Gasteiger partial charge in [-0.25, -0.2) is 0 Å². The number of para-hydroxylation sites is 1. The fraction of sp³-hybridized carbons (Fsp3) is 0.263. The van der Waals surface area contributed by atoms with Gasteiger partial charge in [0.2, 0.25) is 0 Å². The molecule has 0 spiro atoms. The molecule has 2 aromatic carbocycles. The van der Waals surface area contributed by atoms with E-state index in [4.69, 9.17) is 0 Å². The first kappa shape index (κ1) is 16.2. The first-order valence-electron chi connectivity index (χ1n) is 8.22. The molecule has 2 amide bonds. The van der Waals surface area contributed by atoms with E-state index >= 15 is 0 Å². The lowest BCUT2D eigenvalue weighted by molar-refractivity contribution is -0.907. The van der Waals surface area contributed by atoms with Crippen molar-refractivity contribution in [1.29, 1.82) is 0 Å². The highest BCUT2D eigenvalue weighted by molar-refractivity contribution is 5.97. The highest BCUT2D eigenvalue weighted by Gasteiger charge is 2.30. The normalized spacial score (nSPS) is 18.5. The van der Waals surface area contributed by atoms with Gasteiger partial charge < -0.3 is 15.5 Å². The zero-order valence-corrected chi connectivity index (χ0v) is 13.7. The molecule has 0 aliphatic carbocycles. The molecule has 1 fully saturated rings. The van der Waals surface area contributed by atoms with E-state index in [2.05, 4.69) is 10.6 Å². The molecular formula is C19H22N3O2+. The lowest BCUT2D eigenvalue weighted by atomic mass is 10.0. The van der Waals surface area contributed by atoms with Crippen LogP contribution in [0.15, 0.2) is 54.6 Å². The first-order chi connectivity index (χ1) is 11.6. The maximum atomic E-state index is 12.6. The molecule has 0 aromatic heterocycles. The molecule has 0 radical (unpaired) electrons. The van der Waals surface area contributed by atoms with Crippen molar-refractivity contribution in [1.82, 2.24) is 5.32 Å². The summed E-state index contributed by atoms with van der Waals surface area (Å²) in [5.74, 6) is -0.0660. The summed E-state index contributed by atoms with van der Waals surface area (Å²) in [6.45, 7) is 3.59. The maximum Gasteiger partial charge on any atom is 0.282 e. The average Bonchev–Trinajstić information content (AvgIpc) is 2.62. The zero-order valence-electron chi connectivity index (χ0n) is 13.7. The second kappa shape index (κ2) is 7.27. The molecular weight excluding hydrogens is 302 g/mol. The van der Waals surface area contributed by atoms with Gasteiger partial charge in [-0.15, -0.1) is 0 Å². The number of quaternary nitrogens is 1. The van der Waals surface area contributed by atoms with Gasteiger partial charge in [0.25, 0.3) is 11.8 Å². The van der Waals surface area contributed by atoms with E-state index in [0.717, 1.165) is 28.3 Å². The van der Waals surface area contributed by atoms with Gasteiger partial charge in [0.05, 0.1) is 13.1 Å². The zero-order chi connectivity index (χ0) is 16.9. The molecule has 1 unspecified atom stereocenters. The number of benzene rings is 2. The lowest BCUT2D eigenvalue weighted by Gasteiger charge is -2.28. The molecule has 0 saturated carbocycles. The van der Waals surface area contributed by atoms with Crippen molar-refractivity contribution in [2.45, 2.75) is 13.0 Å². The highest BCUT2D eigenvalue weighted by Crippen LogP contribution is 2.27. The van der Waals surface area contributed by atoms with Crippen LogP contribution in [0.1, 0.15) is 6.92 Å². The first-order valence-corrected chi connectivity index (χ1v) is 8.22. The van der Waals surface area contributed by atoms with Gasteiger partial charge in [-0.1, -0.05) is 48.5 Å². The Morgan fingerprint density at radius 1 is 1.12 bits per heavy atom. The average molecular weight is 324 g/mol. The molecule has 3 rings (SSSR count). The lowest BCUT2D eigenvalue weighted by Crippen LogP contribution is -3.19. The summed E-state index contributed by atoms with van der Waals surface area (Å²) < 4.78 is 0. The second-order valence-corrected chi connectivity index (χ2v) is 6.06. The van der Waals surface area contributed by atoms with E-state index in [1.54, 1.807) is 0 Å². The molecule has 5 heteroatoms. The third-order valence-electron chi connectivity index (χ3n) is 4.43. The van der Waals surface area contributed by atoms with Gasteiger partial charge in [0.15, 0.2) is 12.6 Å². The van der Waals surface area contributed by atoms with Crippen molar-refractivity contribution in [2.24, 2.45) is 0 Å². The Labute approximate surface area is 141 Å². The number of rotatable bonds is 4. The number of hydrogen-bond acceptors (Lipinski definition) is 2. The van der Waals surface area contributed by atoms with Gasteiger partial charge in [-0.2, -0.15) is 0 Å². The van der Waals surface area contributed by atoms with Crippen molar-refractivity contribution in [3.05, 3.63) is 54.6 Å². The summed E-state index contributed by atoms with van der Waals surface area (Å²) in [6.07, 6.45) is 0. The number of amides is 2. The van der Waals surface area contributed by atoms with Gasteiger partial charge in [-0.05, 0) is 18.6 Å². The van der Waals surface area contributed by atoms with Crippen LogP contribution < -0.4 is 15.5 Å². The van der Waals surface area contributed by atoms with Crippen LogP contribution in [0.25, 0.3) is 11.1 Å². The molecule has 2 aromatic rings. The minimum atomic E-state index is -0.278. The third kappa shape index (κ3) is 3.63. The Bertz CT molecular complexity index is 730. The molecule has 3 N–H and O–H groups in total. The van der Waals surface area contributed by atoms with Crippen LogP contribution in [0.3, 0.4) is 0 Å². The monoisotopic (exact) mass is 324 g/mol. The summed E-state index contributed by atoms with van der Waals surface area (Å²) in [7, 11) is 0. The minimum Gasteiger partial charge on any atom is -0.346 e. The number of carbonyl (C=O) groups excluding carboxylic acids is 2. The number of nitrogens with one attached hydrogen (secondary N) is 3. The number of carbonyl (C=O) groups is 2. The van der Waals surface area contributed by atoms with E-state index in [1.807, 2.05) is 61.5 Å². The molecule has 1 aliphatic heterocycles. The summed E-state index contributed by atoms with van der Waals surface area (Å²) in [4.78, 5) is 25.2. The molecule has 24 heavy (non-hydrogen) atoms. The Balaban J connectivity index is 1.76. The molecule has 2 atom stereocenters. The van der Waals surface area contributed by atoms with E-state index < -0.39 is 0 Å². The van der Waals surface area contributed by atoms with E-state index in [9.17, 15) is 9.59 Å². The predicted octanol–water partition coefficient (Wildman–Crippen LogP) is 0.695. The van der Waals surface area contributed by atoms with Crippen molar-refractivity contribution < 1.29 is 14.5 Å². The molecule has 124 valence electrons. The van der Waals surface area contributed by atoms with Gasteiger partial charge >= 0.3 is 0 Å². The molecule has 5 nitrogen and oxygen atoms in total. The fourth-order valence-electron chi connectivity index (χ4n) is 2.98. The number of hydrogen-bond donors (Lipinski definition) is 3. The Hall–Kier alpha value is -2.66. The SMILES string of the molecule is C[C@@H](C(=O)Nc1ccccc1-c1ccccc1)[NH+]1CCNC(=O)C1. The van der Waals surface area contributed by atoms with E-state index in [1.165, 1.54) is 0 Å². The van der Waals surface area contributed by atoms with E-state index in [0.29, 0.717) is 13.1 Å². The molecule has 0 bridgehead atoms. The van der Waals surface area contributed by atoms with Crippen LogP contribution in [-0.4, -0.2) is 37.5 Å². The van der Waals surface area contributed by atoms with Crippen molar-refractivity contribution >= 4 is 17.5 Å². The van der Waals surface area contributed by atoms with Crippen molar-refractivity contribution in [3.63, 3.8) is 0 Å². The maximum absolute atomic E-state index is 12.6. The van der Waals surface area contributed by atoms with Crippen molar-refractivity contribution in [3.8, 4) is 11.1 Å². The summed E-state index contributed by atoms with van der Waals surface area (Å²) in [5, 5.41) is 5.82. The van der Waals surface area contributed by atoms with Crippen LogP contribution in [0.5, 0.6) is 0 Å². The molecule has 1 saturated heterocycles. The van der Waals surface area contributed by atoms with Gasteiger partial charge in [0, 0.05) is 11.3 Å². The van der Waals surface area contributed by atoms with Crippen molar-refractivity contribution in [2.75, 3.05) is 25.0 Å². The molecule has 1 aliphatic rings. The van der Waals surface area contributed by atoms with Crippen LogP contribution >= 0.6 is 0 Å². The molecule has 1 heterocycles. The third-order valence-corrected chi connectivity index (χ3v) is 4.43. The van der Waals surface area contributed by atoms with Crippen LogP contribution in [0, 0.1) is 0 Å². The predicted molar refractivity (Wildman–Crippen MR) is 93.7 cm³/mol. The Morgan fingerprint density at radius 2 is 1.83 bits per heavy atom.